The van der Waals surface area contributed by atoms with Gasteiger partial charge in [0.15, 0.2) is 0 Å². The van der Waals surface area contributed by atoms with E-state index in [1.54, 1.807) is 0 Å². The topological polar surface area (TPSA) is 80.5 Å². The van der Waals surface area contributed by atoms with E-state index >= 15 is 0 Å². The Morgan fingerprint density at radius 1 is 1.27 bits per heavy atom. The largest absolute Gasteiger partial charge is 0.444 e. The molecule has 1 aromatic heterocycles. The van der Waals surface area contributed by atoms with Crippen LogP contribution in [0.3, 0.4) is 0 Å². The average molecular weight is 358 g/mol. The van der Waals surface area contributed by atoms with Gasteiger partial charge in [0, 0.05) is 25.2 Å². The molecule has 1 aliphatic heterocycles. The molecule has 1 fully saturated rings. The van der Waals surface area contributed by atoms with Gasteiger partial charge in [0.1, 0.15) is 5.60 Å². The third-order valence-corrected chi connectivity index (χ3v) is 4.27. The van der Waals surface area contributed by atoms with Crippen molar-refractivity contribution >= 4 is 12.0 Å². The van der Waals surface area contributed by atoms with Crippen molar-refractivity contribution in [2.75, 3.05) is 24.5 Å². The maximum absolute atomic E-state index is 11.7. The molecule has 7 nitrogen and oxygen atoms in total. The van der Waals surface area contributed by atoms with Crippen LogP contribution in [0, 0.1) is 5.92 Å². The van der Waals surface area contributed by atoms with Crippen molar-refractivity contribution in [1.82, 2.24) is 15.5 Å². The number of anilines is 1. The Balaban J connectivity index is 1.47. The molecule has 1 saturated heterocycles. The van der Waals surface area contributed by atoms with Crippen molar-refractivity contribution in [2.45, 2.75) is 39.2 Å². The van der Waals surface area contributed by atoms with E-state index in [2.05, 4.69) is 20.4 Å². The molecule has 0 spiro atoms. The van der Waals surface area contributed by atoms with Gasteiger partial charge in [0.25, 0.3) is 11.8 Å². The van der Waals surface area contributed by atoms with Crippen molar-refractivity contribution in [2.24, 2.45) is 5.92 Å². The van der Waals surface area contributed by atoms with E-state index in [0.717, 1.165) is 31.5 Å². The highest BCUT2D eigenvalue weighted by Crippen LogP contribution is 2.24. The van der Waals surface area contributed by atoms with E-state index in [0.29, 0.717) is 24.3 Å². The highest BCUT2D eigenvalue weighted by Gasteiger charge is 2.24. The fourth-order valence-corrected chi connectivity index (χ4v) is 2.92. The van der Waals surface area contributed by atoms with Gasteiger partial charge in [-0.1, -0.05) is 18.2 Å². The molecule has 0 atom stereocenters. The molecule has 7 heteroatoms. The molecule has 1 aliphatic rings. The third-order valence-electron chi connectivity index (χ3n) is 4.27. The zero-order valence-corrected chi connectivity index (χ0v) is 15.6. The lowest BCUT2D eigenvalue weighted by molar-refractivity contribution is 0.0517. The molecular weight excluding hydrogens is 332 g/mol. The maximum Gasteiger partial charge on any atom is 0.407 e. The molecule has 140 valence electrons. The zero-order chi connectivity index (χ0) is 18.6. The molecule has 3 rings (SSSR count). The fourth-order valence-electron chi connectivity index (χ4n) is 2.92. The van der Waals surface area contributed by atoms with Crippen LogP contribution in [0.5, 0.6) is 0 Å². The minimum absolute atomic E-state index is 0.356. The summed E-state index contributed by atoms with van der Waals surface area (Å²) in [7, 11) is 0. The van der Waals surface area contributed by atoms with E-state index in [-0.39, 0.29) is 6.09 Å². The second-order valence-electron chi connectivity index (χ2n) is 7.58. The van der Waals surface area contributed by atoms with Crippen LogP contribution in [0.4, 0.5) is 10.7 Å². The first kappa shape index (κ1) is 18.2. The number of rotatable bonds is 4. The minimum atomic E-state index is -0.470. The van der Waals surface area contributed by atoms with Crippen molar-refractivity contribution in [3.05, 3.63) is 30.3 Å². The van der Waals surface area contributed by atoms with Gasteiger partial charge < -0.3 is 19.5 Å². The Hall–Kier alpha value is -2.57. The van der Waals surface area contributed by atoms with E-state index in [4.69, 9.17) is 9.26 Å². The molecule has 1 N–H and O–H groups in total. The number of ether oxygens (including phenoxy) is 1. The molecule has 1 aromatic carbocycles. The van der Waals surface area contributed by atoms with Crippen LogP contribution in [0.25, 0.3) is 11.5 Å². The Morgan fingerprint density at radius 3 is 2.62 bits per heavy atom. The molecular formula is C19H26N4O3. The summed E-state index contributed by atoms with van der Waals surface area (Å²) in [5.74, 6) is 1.59. The van der Waals surface area contributed by atoms with Crippen LogP contribution < -0.4 is 10.2 Å². The number of piperidine rings is 1. The van der Waals surface area contributed by atoms with Crippen molar-refractivity contribution in [3.8, 4) is 11.5 Å². The van der Waals surface area contributed by atoms with E-state index in [1.807, 2.05) is 51.1 Å². The zero-order valence-electron chi connectivity index (χ0n) is 15.6. The van der Waals surface area contributed by atoms with Gasteiger partial charge in [-0.2, -0.15) is 4.98 Å². The Bertz CT molecular complexity index is 716. The first-order valence-electron chi connectivity index (χ1n) is 9.01. The number of benzene rings is 1. The van der Waals surface area contributed by atoms with E-state index in [1.165, 1.54) is 0 Å². The second-order valence-corrected chi connectivity index (χ2v) is 7.58. The predicted molar refractivity (Wildman–Crippen MR) is 98.9 cm³/mol. The standard InChI is InChI=1S/C19H26N4O3/c1-19(2,3)25-18(24)20-13-14-9-11-23(12-10-14)17-21-16(26-22-17)15-7-5-4-6-8-15/h4-8,14H,9-13H2,1-3H3,(H,20,24). The lowest BCUT2D eigenvalue weighted by atomic mass is 9.97. The molecule has 0 unspecified atom stereocenters. The Kier molecular flexibility index (Phi) is 5.44. The Morgan fingerprint density at radius 2 is 1.96 bits per heavy atom. The van der Waals surface area contributed by atoms with Gasteiger partial charge in [0.05, 0.1) is 0 Å². The SMILES string of the molecule is CC(C)(C)OC(=O)NCC1CCN(c2noc(-c3ccccc3)n2)CC1. The summed E-state index contributed by atoms with van der Waals surface area (Å²) in [6.07, 6.45) is 1.57. The average Bonchev–Trinajstić information content (AvgIpc) is 3.10. The number of hydrogen-bond acceptors (Lipinski definition) is 6. The first-order valence-corrected chi connectivity index (χ1v) is 9.01. The summed E-state index contributed by atoms with van der Waals surface area (Å²) in [6, 6.07) is 9.75. The van der Waals surface area contributed by atoms with Crippen LogP contribution in [0.15, 0.2) is 34.9 Å². The Labute approximate surface area is 153 Å². The van der Waals surface area contributed by atoms with Gasteiger partial charge in [-0.05, 0) is 56.8 Å². The van der Waals surface area contributed by atoms with Crippen LogP contribution in [0.2, 0.25) is 0 Å². The highest BCUT2D eigenvalue weighted by atomic mass is 16.6. The van der Waals surface area contributed by atoms with Gasteiger partial charge in [-0.15, -0.1) is 0 Å². The lowest BCUT2D eigenvalue weighted by Gasteiger charge is -2.31. The van der Waals surface area contributed by atoms with Crippen LogP contribution >= 0.6 is 0 Å². The smallest absolute Gasteiger partial charge is 0.407 e. The summed E-state index contributed by atoms with van der Waals surface area (Å²) >= 11 is 0. The summed E-state index contributed by atoms with van der Waals surface area (Å²) in [4.78, 5) is 18.4. The number of alkyl carbamates (subject to hydrolysis) is 1. The lowest BCUT2D eigenvalue weighted by Crippen LogP contribution is -2.40. The fraction of sp³-hybridized carbons (Fsp3) is 0.526. The molecule has 0 bridgehead atoms. The number of hydrogen-bond donors (Lipinski definition) is 1. The van der Waals surface area contributed by atoms with Crippen molar-refractivity contribution < 1.29 is 14.1 Å². The summed E-state index contributed by atoms with van der Waals surface area (Å²) in [5.41, 5.74) is 0.449. The normalized spacial score (nSPS) is 15.7. The van der Waals surface area contributed by atoms with Crippen molar-refractivity contribution in [1.29, 1.82) is 0 Å². The molecule has 0 saturated carbocycles. The van der Waals surface area contributed by atoms with Crippen LogP contribution in [-0.4, -0.2) is 41.5 Å². The number of carbonyl (C=O) groups is 1. The number of nitrogens with one attached hydrogen (secondary N) is 1. The molecule has 0 radical (unpaired) electrons. The van der Waals surface area contributed by atoms with Crippen molar-refractivity contribution in [3.63, 3.8) is 0 Å². The number of amides is 1. The third kappa shape index (κ3) is 4.97. The minimum Gasteiger partial charge on any atom is -0.444 e. The molecule has 2 heterocycles. The first-order chi connectivity index (χ1) is 12.4. The van der Waals surface area contributed by atoms with E-state index < -0.39 is 5.60 Å². The van der Waals surface area contributed by atoms with Crippen LogP contribution in [0.1, 0.15) is 33.6 Å². The molecule has 2 aromatic rings. The number of carbonyl (C=O) groups excluding carboxylic acids is 1. The highest BCUT2D eigenvalue weighted by molar-refractivity contribution is 5.67. The summed E-state index contributed by atoms with van der Waals surface area (Å²) in [5, 5.41) is 6.97. The molecule has 1 amide bonds. The van der Waals surface area contributed by atoms with Gasteiger partial charge in [-0.25, -0.2) is 4.79 Å². The molecule has 26 heavy (non-hydrogen) atoms. The van der Waals surface area contributed by atoms with Gasteiger partial charge in [-0.3, -0.25) is 0 Å². The van der Waals surface area contributed by atoms with Gasteiger partial charge in [0.2, 0.25) is 0 Å². The quantitative estimate of drug-likeness (QED) is 0.901. The van der Waals surface area contributed by atoms with Gasteiger partial charge >= 0.3 is 6.09 Å². The summed E-state index contributed by atoms with van der Waals surface area (Å²) < 4.78 is 10.7. The maximum atomic E-state index is 11.7. The second kappa shape index (κ2) is 7.76. The monoisotopic (exact) mass is 358 g/mol. The molecule has 0 aliphatic carbocycles. The van der Waals surface area contributed by atoms with Crippen LogP contribution in [-0.2, 0) is 4.74 Å². The number of nitrogens with zero attached hydrogens (tertiary/aromatic N) is 3. The predicted octanol–water partition coefficient (Wildman–Crippen LogP) is 3.48. The van der Waals surface area contributed by atoms with E-state index in [9.17, 15) is 4.79 Å². The summed E-state index contributed by atoms with van der Waals surface area (Å²) in [6.45, 7) is 7.90. The number of aromatic nitrogens is 2.